The molecule has 0 atom stereocenters. The first-order valence-electron chi connectivity index (χ1n) is 12.1. The second-order valence-electron chi connectivity index (χ2n) is 8.68. The molecule has 0 bridgehead atoms. The van der Waals surface area contributed by atoms with Crippen LogP contribution in [-0.4, -0.2) is 25.5 Å². The third kappa shape index (κ3) is 7.27. The van der Waals surface area contributed by atoms with Gasteiger partial charge in [-0.05, 0) is 71.6 Å². The van der Waals surface area contributed by atoms with Crippen molar-refractivity contribution in [2.45, 2.75) is 19.4 Å². The number of carbonyl (C=O) groups is 2. The average molecular weight is 497 g/mol. The van der Waals surface area contributed by atoms with Crippen molar-refractivity contribution in [3.8, 4) is 5.75 Å². The summed E-state index contributed by atoms with van der Waals surface area (Å²) in [5.41, 5.74) is 3.92. The summed E-state index contributed by atoms with van der Waals surface area (Å²) in [5, 5.41) is 2.96. The molecule has 0 radical (unpaired) electrons. The summed E-state index contributed by atoms with van der Waals surface area (Å²) >= 11 is 0. The van der Waals surface area contributed by atoms with Gasteiger partial charge >= 0.3 is 0 Å². The number of hydrogen-bond donors (Lipinski definition) is 1. The Balaban J connectivity index is 1.45. The van der Waals surface area contributed by atoms with Crippen LogP contribution in [0.25, 0.3) is 0 Å². The number of carbonyl (C=O) groups excluding carboxylic acids is 2. The molecule has 37 heavy (non-hydrogen) atoms. The van der Waals surface area contributed by atoms with Crippen LogP contribution in [0.4, 0.5) is 10.1 Å². The molecule has 0 saturated carbocycles. The zero-order valence-electron chi connectivity index (χ0n) is 20.7. The van der Waals surface area contributed by atoms with Gasteiger partial charge in [0, 0.05) is 17.8 Å². The predicted octanol–water partition coefficient (Wildman–Crippen LogP) is 5.58. The van der Waals surface area contributed by atoms with Gasteiger partial charge in [0.1, 0.15) is 11.6 Å². The maximum atomic E-state index is 13.4. The fourth-order valence-electron chi connectivity index (χ4n) is 4.01. The molecule has 0 aliphatic carbocycles. The van der Waals surface area contributed by atoms with E-state index in [1.165, 1.54) is 12.1 Å². The van der Waals surface area contributed by atoms with Gasteiger partial charge in [-0.3, -0.25) is 9.59 Å². The topological polar surface area (TPSA) is 58.6 Å². The highest BCUT2D eigenvalue weighted by molar-refractivity contribution is 6.06. The molecule has 4 aromatic carbocycles. The summed E-state index contributed by atoms with van der Waals surface area (Å²) < 4.78 is 18.6. The van der Waals surface area contributed by atoms with Crippen molar-refractivity contribution < 1.29 is 18.7 Å². The number of ether oxygens (including phenoxy) is 1. The summed E-state index contributed by atoms with van der Waals surface area (Å²) in [7, 11) is 1.63. The van der Waals surface area contributed by atoms with Crippen molar-refractivity contribution in [2.75, 3.05) is 18.6 Å². The van der Waals surface area contributed by atoms with Crippen LogP contribution in [0.15, 0.2) is 103 Å². The summed E-state index contributed by atoms with van der Waals surface area (Å²) in [6, 6.07) is 30.3. The third-order valence-corrected chi connectivity index (χ3v) is 6.00. The summed E-state index contributed by atoms with van der Waals surface area (Å²) in [6.07, 6.45) is 0.910. The number of hydrogen-bond acceptors (Lipinski definition) is 3. The van der Waals surface area contributed by atoms with Gasteiger partial charge < -0.3 is 15.0 Å². The average Bonchev–Trinajstić information content (AvgIpc) is 2.93. The molecule has 1 N–H and O–H groups in total. The first-order chi connectivity index (χ1) is 18.0. The molecule has 0 unspecified atom stereocenters. The van der Waals surface area contributed by atoms with Gasteiger partial charge in [-0.2, -0.15) is 0 Å². The van der Waals surface area contributed by atoms with Crippen molar-refractivity contribution in [1.82, 2.24) is 5.32 Å². The summed E-state index contributed by atoms with van der Waals surface area (Å²) in [4.78, 5) is 27.7. The number of rotatable bonds is 10. The summed E-state index contributed by atoms with van der Waals surface area (Å²) in [5.74, 6) is 0.202. The molecule has 0 heterocycles. The van der Waals surface area contributed by atoms with Crippen LogP contribution in [0.2, 0.25) is 0 Å². The van der Waals surface area contributed by atoms with Crippen molar-refractivity contribution in [3.63, 3.8) is 0 Å². The Hall–Kier alpha value is -4.45. The predicted molar refractivity (Wildman–Crippen MR) is 143 cm³/mol. The lowest BCUT2D eigenvalue weighted by molar-refractivity contribution is -0.120. The minimum atomic E-state index is -0.329. The quantitative estimate of drug-likeness (QED) is 0.312. The fourth-order valence-corrected chi connectivity index (χ4v) is 4.01. The van der Waals surface area contributed by atoms with Crippen LogP contribution < -0.4 is 15.0 Å². The third-order valence-electron chi connectivity index (χ3n) is 6.00. The van der Waals surface area contributed by atoms with Crippen molar-refractivity contribution in [1.29, 1.82) is 0 Å². The SMILES string of the molecule is COc1ccc(CCNC(=O)Cc2cccc(N(Cc3ccc(F)cc3)C(=O)c3ccccc3)c2)cc1. The monoisotopic (exact) mass is 496 g/mol. The van der Waals surface area contributed by atoms with E-state index >= 15 is 0 Å². The minimum absolute atomic E-state index is 0.0925. The highest BCUT2D eigenvalue weighted by Gasteiger charge is 2.19. The van der Waals surface area contributed by atoms with E-state index in [0.717, 1.165) is 22.4 Å². The zero-order chi connectivity index (χ0) is 26.0. The molecule has 188 valence electrons. The van der Waals surface area contributed by atoms with Crippen LogP contribution >= 0.6 is 0 Å². The number of methoxy groups -OCH3 is 1. The fraction of sp³-hybridized carbons (Fsp3) is 0.161. The van der Waals surface area contributed by atoms with E-state index in [0.29, 0.717) is 24.2 Å². The van der Waals surface area contributed by atoms with Gasteiger partial charge in [-0.15, -0.1) is 0 Å². The molecule has 5 nitrogen and oxygen atoms in total. The van der Waals surface area contributed by atoms with E-state index in [-0.39, 0.29) is 30.6 Å². The highest BCUT2D eigenvalue weighted by atomic mass is 19.1. The van der Waals surface area contributed by atoms with Crippen LogP contribution in [0.1, 0.15) is 27.0 Å². The largest absolute Gasteiger partial charge is 0.497 e. The Morgan fingerprint density at radius 2 is 1.51 bits per heavy atom. The number of amides is 2. The van der Waals surface area contributed by atoms with E-state index in [4.69, 9.17) is 4.74 Å². The zero-order valence-corrected chi connectivity index (χ0v) is 20.7. The molecule has 0 fully saturated rings. The second-order valence-corrected chi connectivity index (χ2v) is 8.68. The molecule has 0 aliphatic heterocycles. The number of anilines is 1. The Bertz CT molecular complexity index is 1320. The molecule has 0 spiro atoms. The maximum absolute atomic E-state index is 13.4. The van der Waals surface area contributed by atoms with Crippen LogP contribution in [0, 0.1) is 5.82 Å². The van der Waals surface area contributed by atoms with Gasteiger partial charge in [0.25, 0.3) is 5.91 Å². The lowest BCUT2D eigenvalue weighted by atomic mass is 10.1. The minimum Gasteiger partial charge on any atom is -0.497 e. The summed E-state index contributed by atoms with van der Waals surface area (Å²) in [6.45, 7) is 0.791. The first-order valence-corrected chi connectivity index (χ1v) is 12.1. The first kappa shape index (κ1) is 25.6. The standard InChI is InChI=1S/C31H29FN2O3/c1-37-29-16-12-23(13-17-29)18-19-33-30(35)21-25-6-5-9-28(20-25)34(22-24-10-14-27(32)15-11-24)31(36)26-7-3-2-4-8-26/h2-17,20H,18-19,21-22H2,1H3,(H,33,35). The van der Waals surface area contributed by atoms with Crippen LogP contribution in [0.3, 0.4) is 0 Å². The Kier molecular flexibility index (Phi) is 8.66. The van der Waals surface area contributed by atoms with E-state index in [1.54, 1.807) is 36.3 Å². The molecular formula is C31H29FN2O3. The normalized spacial score (nSPS) is 10.5. The number of halogens is 1. The molecule has 6 heteroatoms. The number of nitrogens with zero attached hydrogens (tertiary/aromatic N) is 1. The van der Waals surface area contributed by atoms with Crippen molar-refractivity contribution in [3.05, 3.63) is 131 Å². The van der Waals surface area contributed by atoms with Crippen LogP contribution in [0.5, 0.6) is 5.75 Å². The van der Waals surface area contributed by atoms with Gasteiger partial charge in [-0.25, -0.2) is 4.39 Å². The molecular weight excluding hydrogens is 467 g/mol. The van der Waals surface area contributed by atoms with E-state index in [2.05, 4.69) is 5.32 Å². The molecule has 0 aromatic heterocycles. The van der Waals surface area contributed by atoms with Gasteiger partial charge in [0.2, 0.25) is 5.91 Å². The molecule has 0 aliphatic rings. The highest BCUT2D eigenvalue weighted by Crippen LogP contribution is 2.22. The Morgan fingerprint density at radius 1 is 0.811 bits per heavy atom. The van der Waals surface area contributed by atoms with Crippen molar-refractivity contribution in [2.24, 2.45) is 0 Å². The number of nitrogens with one attached hydrogen (secondary N) is 1. The Morgan fingerprint density at radius 3 is 2.22 bits per heavy atom. The second kappa shape index (κ2) is 12.5. The molecule has 2 amide bonds. The van der Waals surface area contributed by atoms with Crippen molar-refractivity contribution >= 4 is 17.5 Å². The van der Waals surface area contributed by atoms with Gasteiger partial charge in [0.05, 0.1) is 20.1 Å². The van der Waals surface area contributed by atoms with Gasteiger partial charge in [-0.1, -0.05) is 54.6 Å². The lowest BCUT2D eigenvalue weighted by Crippen LogP contribution is -2.31. The molecule has 4 rings (SSSR count). The maximum Gasteiger partial charge on any atom is 0.258 e. The van der Waals surface area contributed by atoms with E-state index in [1.807, 2.05) is 66.7 Å². The van der Waals surface area contributed by atoms with Crippen LogP contribution in [-0.2, 0) is 24.2 Å². The molecule has 4 aromatic rings. The number of benzene rings is 4. The van der Waals surface area contributed by atoms with E-state index in [9.17, 15) is 14.0 Å². The smallest absolute Gasteiger partial charge is 0.258 e. The van der Waals surface area contributed by atoms with E-state index < -0.39 is 0 Å². The Labute approximate surface area is 216 Å². The lowest BCUT2D eigenvalue weighted by Gasteiger charge is -2.24. The molecule has 0 saturated heterocycles. The van der Waals surface area contributed by atoms with Gasteiger partial charge in [0.15, 0.2) is 0 Å².